The number of hydrogen-bond acceptors (Lipinski definition) is 5. The number of thiazole rings is 1. The largest absolute Gasteiger partial charge is 0.453 e. The number of ether oxygens (including phenoxy) is 1. The molecule has 1 fully saturated rings. The van der Waals surface area contributed by atoms with Crippen molar-refractivity contribution in [1.29, 1.82) is 0 Å². The zero-order valence-electron chi connectivity index (χ0n) is 13.3. The maximum absolute atomic E-state index is 11.4. The standard InChI is InChI=1S/C15H25N3O2S/c1-15(2,3)13-17-10-12(21-13)9-16-11-5-7-18(8-6-11)14(19)20-4/h10-11,16H,5-9H2,1-4H3. The third kappa shape index (κ3) is 4.41. The Hall–Kier alpha value is -1.14. The van der Waals surface area contributed by atoms with Gasteiger partial charge < -0.3 is 15.0 Å². The quantitative estimate of drug-likeness (QED) is 0.932. The second-order valence-corrected chi connectivity index (χ2v) is 7.61. The van der Waals surface area contributed by atoms with Gasteiger partial charge in [-0.15, -0.1) is 11.3 Å². The van der Waals surface area contributed by atoms with Gasteiger partial charge in [-0.3, -0.25) is 0 Å². The lowest BCUT2D eigenvalue weighted by molar-refractivity contribution is 0.110. The zero-order valence-corrected chi connectivity index (χ0v) is 14.1. The molecule has 118 valence electrons. The molecule has 0 unspecified atom stereocenters. The van der Waals surface area contributed by atoms with Crippen LogP contribution in [0.15, 0.2) is 6.20 Å². The van der Waals surface area contributed by atoms with Crippen molar-refractivity contribution in [3.05, 3.63) is 16.1 Å². The van der Waals surface area contributed by atoms with Crippen LogP contribution in [0.2, 0.25) is 0 Å². The van der Waals surface area contributed by atoms with Crippen molar-refractivity contribution >= 4 is 17.4 Å². The van der Waals surface area contributed by atoms with Crippen molar-refractivity contribution < 1.29 is 9.53 Å². The number of rotatable bonds is 3. The molecule has 2 rings (SSSR count). The molecule has 1 aromatic rings. The van der Waals surface area contributed by atoms with Crippen LogP contribution in [-0.4, -0.2) is 42.2 Å². The Morgan fingerprint density at radius 3 is 2.67 bits per heavy atom. The number of amides is 1. The summed E-state index contributed by atoms with van der Waals surface area (Å²) in [5.74, 6) is 0. The molecule has 6 heteroatoms. The van der Waals surface area contributed by atoms with E-state index in [2.05, 4.69) is 31.1 Å². The fraction of sp³-hybridized carbons (Fsp3) is 0.733. The number of carbonyl (C=O) groups is 1. The molecule has 0 saturated carbocycles. The molecule has 1 amide bonds. The Morgan fingerprint density at radius 1 is 1.48 bits per heavy atom. The van der Waals surface area contributed by atoms with E-state index in [9.17, 15) is 4.79 Å². The third-order valence-electron chi connectivity index (χ3n) is 3.69. The Bertz CT molecular complexity index is 474. The molecule has 5 nitrogen and oxygen atoms in total. The van der Waals surface area contributed by atoms with Crippen molar-refractivity contribution in [2.75, 3.05) is 20.2 Å². The number of nitrogens with zero attached hydrogens (tertiary/aromatic N) is 2. The first kappa shape index (κ1) is 16.2. The molecule has 0 radical (unpaired) electrons. The first-order chi connectivity index (χ1) is 9.90. The van der Waals surface area contributed by atoms with Gasteiger partial charge in [0.2, 0.25) is 0 Å². The van der Waals surface area contributed by atoms with Crippen LogP contribution in [0.3, 0.4) is 0 Å². The molecule has 1 aliphatic heterocycles. The van der Waals surface area contributed by atoms with Crippen molar-refractivity contribution in [2.45, 2.75) is 51.6 Å². The van der Waals surface area contributed by atoms with E-state index < -0.39 is 0 Å². The maximum atomic E-state index is 11.4. The van der Waals surface area contributed by atoms with Gasteiger partial charge in [0.25, 0.3) is 0 Å². The Balaban J connectivity index is 1.77. The average Bonchev–Trinajstić information content (AvgIpc) is 2.94. The molecule has 1 N–H and O–H groups in total. The molecule has 0 aliphatic carbocycles. The summed E-state index contributed by atoms with van der Waals surface area (Å²) in [7, 11) is 1.43. The fourth-order valence-corrected chi connectivity index (χ4v) is 3.30. The van der Waals surface area contributed by atoms with Crippen LogP contribution in [-0.2, 0) is 16.7 Å². The molecule has 0 atom stereocenters. The molecular weight excluding hydrogens is 286 g/mol. The lowest BCUT2D eigenvalue weighted by Crippen LogP contribution is -2.44. The Morgan fingerprint density at radius 2 is 2.14 bits per heavy atom. The molecule has 1 aromatic heterocycles. The van der Waals surface area contributed by atoms with Gasteiger partial charge in [0.05, 0.1) is 12.1 Å². The van der Waals surface area contributed by atoms with Gasteiger partial charge in [0.1, 0.15) is 0 Å². The summed E-state index contributed by atoms with van der Waals surface area (Å²) in [5.41, 5.74) is 0.120. The van der Waals surface area contributed by atoms with Crippen molar-refractivity contribution in [3.63, 3.8) is 0 Å². The number of nitrogens with one attached hydrogen (secondary N) is 1. The van der Waals surface area contributed by atoms with Gasteiger partial charge >= 0.3 is 6.09 Å². The molecule has 1 aliphatic rings. The topological polar surface area (TPSA) is 54.5 Å². The summed E-state index contributed by atoms with van der Waals surface area (Å²) in [5, 5.41) is 4.75. The maximum Gasteiger partial charge on any atom is 0.409 e. The molecule has 0 spiro atoms. The minimum atomic E-state index is -0.217. The minimum absolute atomic E-state index is 0.120. The van der Waals surface area contributed by atoms with Crippen LogP contribution in [0.25, 0.3) is 0 Å². The minimum Gasteiger partial charge on any atom is -0.453 e. The van der Waals surface area contributed by atoms with Crippen LogP contribution in [0.4, 0.5) is 4.79 Å². The lowest BCUT2D eigenvalue weighted by atomic mass is 9.98. The fourth-order valence-electron chi connectivity index (χ4n) is 2.38. The zero-order chi connectivity index (χ0) is 15.5. The van der Waals surface area contributed by atoms with Gasteiger partial charge in [-0.05, 0) is 12.8 Å². The summed E-state index contributed by atoms with van der Waals surface area (Å²) in [6, 6.07) is 0.464. The van der Waals surface area contributed by atoms with Crippen molar-refractivity contribution in [1.82, 2.24) is 15.2 Å². The molecular formula is C15H25N3O2S. The summed E-state index contributed by atoms with van der Waals surface area (Å²) in [4.78, 5) is 19.0. The Kier molecular flexibility index (Phi) is 5.22. The normalized spacial score (nSPS) is 17.0. The average molecular weight is 311 g/mol. The molecule has 0 aromatic carbocycles. The summed E-state index contributed by atoms with van der Waals surface area (Å²) in [6.07, 6.45) is 3.70. The van der Waals surface area contributed by atoms with Crippen molar-refractivity contribution in [2.24, 2.45) is 0 Å². The van der Waals surface area contributed by atoms with Gasteiger partial charge in [0, 0.05) is 42.2 Å². The summed E-state index contributed by atoms with van der Waals surface area (Å²) >= 11 is 1.78. The SMILES string of the molecule is COC(=O)N1CCC(NCc2cnc(C(C)(C)C)s2)CC1. The van der Waals surface area contributed by atoms with E-state index in [-0.39, 0.29) is 11.5 Å². The van der Waals surface area contributed by atoms with Crippen LogP contribution in [0, 0.1) is 0 Å². The number of piperidine rings is 1. The summed E-state index contributed by atoms with van der Waals surface area (Å²) < 4.78 is 4.75. The first-order valence-electron chi connectivity index (χ1n) is 7.41. The molecule has 2 heterocycles. The number of aromatic nitrogens is 1. The second kappa shape index (κ2) is 6.75. The predicted octanol–water partition coefficient (Wildman–Crippen LogP) is 2.76. The smallest absolute Gasteiger partial charge is 0.409 e. The highest BCUT2D eigenvalue weighted by Gasteiger charge is 2.23. The predicted molar refractivity (Wildman–Crippen MR) is 84.7 cm³/mol. The molecule has 0 bridgehead atoms. The number of methoxy groups -OCH3 is 1. The highest BCUT2D eigenvalue weighted by molar-refractivity contribution is 7.11. The van der Waals surface area contributed by atoms with Crippen LogP contribution >= 0.6 is 11.3 Å². The van der Waals surface area contributed by atoms with Gasteiger partial charge in [-0.2, -0.15) is 0 Å². The number of carbonyl (C=O) groups excluding carboxylic acids is 1. The van der Waals surface area contributed by atoms with Crippen LogP contribution < -0.4 is 5.32 Å². The lowest BCUT2D eigenvalue weighted by Gasteiger charge is -2.31. The van der Waals surface area contributed by atoms with E-state index in [0.29, 0.717) is 6.04 Å². The van der Waals surface area contributed by atoms with Crippen LogP contribution in [0.1, 0.15) is 43.5 Å². The number of likely N-dealkylation sites (tertiary alicyclic amines) is 1. The van der Waals surface area contributed by atoms with E-state index in [1.54, 1.807) is 16.2 Å². The van der Waals surface area contributed by atoms with Crippen molar-refractivity contribution in [3.8, 4) is 0 Å². The number of hydrogen-bond donors (Lipinski definition) is 1. The van der Waals surface area contributed by atoms with E-state index in [0.717, 1.165) is 32.5 Å². The molecule has 1 saturated heterocycles. The highest BCUT2D eigenvalue weighted by Crippen LogP contribution is 2.26. The van der Waals surface area contributed by atoms with E-state index in [1.807, 2.05) is 6.20 Å². The Labute approximate surface area is 130 Å². The van der Waals surface area contributed by atoms with Gasteiger partial charge in [-0.1, -0.05) is 20.8 Å². The molecule has 21 heavy (non-hydrogen) atoms. The van der Waals surface area contributed by atoms with E-state index in [4.69, 9.17) is 4.74 Å². The van der Waals surface area contributed by atoms with Crippen LogP contribution in [0.5, 0.6) is 0 Å². The monoisotopic (exact) mass is 311 g/mol. The van der Waals surface area contributed by atoms with Gasteiger partial charge in [0.15, 0.2) is 0 Å². The highest BCUT2D eigenvalue weighted by atomic mass is 32.1. The summed E-state index contributed by atoms with van der Waals surface area (Å²) in [6.45, 7) is 8.94. The van der Waals surface area contributed by atoms with E-state index >= 15 is 0 Å². The van der Waals surface area contributed by atoms with Gasteiger partial charge in [-0.25, -0.2) is 9.78 Å². The second-order valence-electron chi connectivity index (χ2n) is 6.49. The van der Waals surface area contributed by atoms with E-state index in [1.165, 1.54) is 17.0 Å². The first-order valence-corrected chi connectivity index (χ1v) is 8.23. The third-order valence-corrected chi connectivity index (χ3v) is 5.11.